The van der Waals surface area contributed by atoms with E-state index in [1.165, 1.54) is 17.0 Å². The Morgan fingerprint density at radius 3 is 2.62 bits per heavy atom. The molecular weight excluding hydrogens is 650 g/mol. The average Bonchev–Trinajstić information content (AvgIpc) is 2.96. The first kappa shape index (κ1) is 28.4. The van der Waals surface area contributed by atoms with Crippen LogP contribution in [0.2, 0.25) is 0 Å². The zero-order valence-electron chi connectivity index (χ0n) is 21.6. The van der Waals surface area contributed by atoms with E-state index in [4.69, 9.17) is 14.5 Å². The molecule has 0 radical (unpaired) electrons. The van der Waals surface area contributed by atoms with Crippen molar-refractivity contribution in [2.45, 2.75) is 38.0 Å². The number of fused-ring (bicyclic) bond motifs is 1. The Labute approximate surface area is 246 Å². The maximum absolute atomic E-state index is 13.7. The van der Waals surface area contributed by atoms with Crippen molar-refractivity contribution in [1.82, 2.24) is 14.6 Å². The molecule has 11 nitrogen and oxygen atoms in total. The second-order valence-electron chi connectivity index (χ2n) is 9.71. The highest BCUT2D eigenvalue weighted by molar-refractivity contribution is 9.10. The molecule has 0 N–H and O–H groups in total. The number of carbonyl (C=O) groups is 1. The van der Waals surface area contributed by atoms with E-state index in [0.717, 1.165) is 36.6 Å². The normalized spacial score (nSPS) is 16.5. The molecule has 2 heterocycles. The molecule has 0 atom stereocenters. The van der Waals surface area contributed by atoms with Crippen molar-refractivity contribution in [1.29, 1.82) is 0 Å². The molecular formula is C27H27Br2N5O6. The zero-order valence-corrected chi connectivity index (χ0v) is 24.7. The van der Waals surface area contributed by atoms with E-state index >= 15 is 0 Å². The monoisotopic (exact) mass is 675 g/mol. The van der Waals surface area contributed by atoms with Gasteiger partial charge in [-0.2, -0.15) is 9.78 Å². The summed E-state index contributed by atoms with van der Waals surface area (Å²) in [6, 6.07) is 8.25. The number of aromatic nitrogens is 2. The van der Waals surface area contributed by atoms with Crippen LogP contribution in [-0.2, 0) is 9.53 Å². The van der Waals surface area contributed by atoms with E-state index in [-0.39, 0.29) is 41.0 Å². The zero-order chi connectivity index (χ0) is 28.2. The van der Waals surface area contributed by atoms with Crippen molar-refractivity contribution in [3.63, 3.8) is 0 Å². The number of nitro groups is 1. The molecule has 210 valence electrons. The van der Waals surface area contributed by atoms with Crippen molar-refractivity contribution in [3.8, 4) is 5.75 Å². The molecule has 1 saturated heterocycles. The number of hydrogen-bond donors (Lipinski definition) is 0. The topological polar surface area (TPSA) is 129 Å². The molecule has 2 fully saturated rings. The molecule has 3 aromatic rings. The van der Waals surface area contributed by atoms with Gasteiger partial charge in [0.2, 0.25) is 5.75 Å². The summed E-state index contributed by atoms with van der Waals surface area (Å²) in [5.41, 5.74) is 0.166. The fraction of sp³-hybridized carbons (Fsp3) is 0.407. The van der Waals surface area contributed by atoms with Gasteiger partial charge in [0.05, 0.1) is 35.3 Å². The number of hydrogen-bond acceptors (Lipinski definition) is 8. The van der Waals surface area contributed by atoms with Gasteiger partial charge in [0.15, 0.2) is 6.61 Å². The Bertz CT molecular complexity index is 1530. The lowest BCUT2D eigenvalue weighted by atomic mass is 9.88. The number of nitrogens with zero attached hydrogens (tertiary/aromatic N) is 5. The lowest BCUT2D eigenvalue weighted by Gasteiger charge is -2.26. The number of carbonyl (C=O) groups excluding carboxylic acids is 1. The second-order valence-corrected chi connectivity index (χ2v) is 11.5. The second kappa shape index (κ2) is 12.6. The molecule has 0 bridgehead atoms. The van der Waals surface area contributed by atoms with Gasteiger partial charge in [-0.25, -0.2) is 4.98 Å². The smallest absolute Gasteiger partial charge is 0.312 e. The molecule has 1 amide bonds. The van der Waals surface area contributed by atoms with Gasteiger partial charge in [-0.1, -0.05) is 51.1 Å². The van der Waals surface area contributed by atoms with Crippen molar-refractivity contribution in [2.75, 3.05) is 32.9 Å². The average molecular weight is 677 g/mol. The highest BCUT2D eigenvalue weighted by Crippen LogP contribution is 2.35. The van der Waals surface area contributed by atoms with E-state index in [1.54, 1.807) is 23.1 Å². The van der Waals surface area contributed by atoms with E-state index in [1.807, 2.05) is 6.07 Å². The van der Waals surface area contributed by atoms with Gasteiger partial charge in [-0.05, 0) is 37.1 Å². The van der Waals surface area contributed by atoms with E-state index in [2.05, 4.69) is 37.0 Å². The number of benzene rings is 2. The minimum Gasteiger partial charge on any atom is -0.476 e. The third kappa shape index (κ3) is 6.26. The van der Waals surface area contributed by atoms with Crippen molar-refractivity contribution < 1.29 is 19.2 Å². The van der Waals surface area contributed by atoms with Crippen LogP contribution < -0.4 is 10.3 Å². The summed E-state index contributed by atoms with van der Waals surface area (Å²) in [4.78, 5) is 44.1. The minimum absolute atomic E-state index is 0.0605. The van der Waals surface area contributed by atoms with Crippen LogP contribution in [0.4, 0.5) is 5.69 Å². The van der Waals surface area contributed by atoms with Gasteiger partial charge in [0.1, 0.15) is 5.82 Å². The molecule has 1 aromatic heterocycles. The third-order valence-corrected chi connectivity index (χ3v) is 8.03. The van der Waals surface area contributed by atoms with Crippen LogP contribution in [0.1, 0.15) is 49.4 Å². The summed E-state index contributed by atoms with van der Waals surface area (Å²) < 4.78 is 13.5. The van der Waals surface area contributed by atoms with Gasteiger partial charge >= 0.3 is 5.69 Å². The summed E-state index contributed by atoms with van der Waals surface area (Å²) in [7, 11) is 0. The molecule has 13 heteroatoms. The molecule has 5 rings (SSSR count). The fourth-order valence-corrected chi connectivity index (χ4v) is 5.87. The van der Waals surface area contributed by atoms with Gasteiger partial charge in [-0.15, -0.1) is 0 Å². The summed E-state index contributed by atoms with van der Waals surface area (Å²) >= 11 is 6.74. The number of halogens is 2. The van der Waals surface area contributed by atoms with Crippen molar-refractivity contribution in [2.24, 2.45) is 5.10 Å². The summed E-state index contributed by atoms with van der Waals surface area (Å²) in [5, 5.41) is 16.8. The van der Waals surface area contributed by atoms with Crippen LogP contribution >= 0.6 is 31.9 Å². The Kier molecular flexibility index (Phi) is 8.91. The van der Waals surface area contributed by atoms with Crippen LogP contribution in [0.5, 0.6) is 5.75 Å². The highest BCUT2D eigenvalue weighted by Gasteiger charge is 2.25. The van der Waals surface area contributed by atoms with Crippen molar-refractivity contribution >= 4 is 60.6 Å². The molecule has 2 aromatic carbocycles. The SMILES string of the molecule is O=C(COc1c(C=Nn2c(C3CCCCC3)nc3ccc(Br)cc3c2=O)cc(Br)cc1[N+](=O)[O-])N1CCOCC1. The van der Waals surface area contributed by atoms with Gasteiger partial charge < -0.3 is 14.4 Å². The Morgan fingerprint density at radius 1 is 1.15 bits per heavy atom. The highest BCUT2D eigenvalue weighted by atomic mass is 79.9. The van der Waals surface area contributed by atoms with Crippen LogP contribution in [0.15, 0.2) is 49.2 Å². The Hall–Kier alpha value is -3.16. The van der Waals surface area contributed by atoms with Crippen LogP contribution in [0.3, 0.4) is 0 Å². The number of rotatable bonds is 7. The Morgan fingerprint density at radius 2 is 1.90 bits per heavy atom. The number of morpholine rings is 1. The summed E-state index contributed by atoms with van der Waals surface area (Å²) in [5.74, 6) is 0.210. The first-order valence-electron chi connectivity index (χ1n) is 13.0. The summed E-state index contributed by atoms with van der Waals surface area (Å²) in [6.45, 7) is 1.32. The van der Waals surface area contributed by atoms with E-state index in [9.17, 15) is 19.7 Å². The molecule has 1 aliphatic carbocycles. The molecule has 0 spiro atoms. The molecule has 2 aliphatic rings. The van der Waals surface area contributed by atoms with Gasteiger partial charge in [0.25, 0.3) is 11.5 Å². The third-order valence-electron chi connectivity index (χ3n) is 7.08. The molecule has 40 heavy (non-hydrogen) atoms. The van der Waals surface area contributed by atoms with Crippen LogP contribution in [0, 0.1) is 10.1 Å². The Balaban J connectivity index is 1.56. The first-order valence-corrected chi connectivity index (χ1v) is 14.6. The summed E-state index contributed by atoms with van der Waals surface area (Å²) in [6.07, 6.45) is 6.35. The molecule has 0 unspecified atom stereocenters. The molecule has 1 aliphatic heterocycles. The lowest BCUT2D eigenvalue weighted by molar-refractivity contribution is -0.385. The van der Waals surface area contributed by atoms with E-state index < -0.39 is 4.92 Å². The standard InChI is InChI=1S/C27H27Br2N5O6/c28-19-6-7-22-21(13-19)27(36)33(26(31-22)17-4-2-1-3-5-17)30-15-18-12-20(29)14-23(34(37)38)25(18)40-16-24(35)32-8-10-39-11-9-32/h6-7,12-15,17H,1-5,8-11,16H2. The van der Waals surface area contributed by atoms with E-state index in [0.29, 0.717) is 47.5 Å². The van der Waals surface area contributed by atoms with Crippen molar-refractivity contribution in [3.05, 3.63) is 71.1 Å². The minimum atomic E-state index is -0.578. The largest absolute Gasteiger partial charge is 0.476 e. The van der Waals surface area contributed by atoms with Gasteiger partial charge in [-0.3, -0.25) is 19.7 Å². The van der Waals surface area contributed by atoms with Gasteiger partial charge in [0, 0.05) is 39.6 Å². The fourth-order valence-electron chi connectivity index (χ4n) is 5.05. The van der Waals surface area contributed by atoms with Crippen LogP contribution in [0.25, 0.3) is 10.9 Å². The maximum Gasteiger partial charge on any atom is 0.312 e. The lowest BCUT2D eigenvalue weighted by Crippen LogP contribution is -2.43. The predicted molar refractivity (Wildman–Crippen MR) is 156 cm³/mol. The molecule has 1 saturated carbocycles. The number of ether oxygens (including phenoxy) is 2. The predicted octanol–water partition coefficient (Wildman–Crippen LogP) is 5.00. The first-order chi connectivity index (χ1) is 19.3. The quantitative estimate of drug-likeness (QED) is 0.196. The van der Waals surface area contributed by atoms with Crippen LogP contribution in [-0.4, -0.2) is 64.5 Å². The number of amides is 1. The maximum atomic E-state index is 13.7. The number of nitro benzene ring substituents is 1.